The Balaban J connectivity index is 0.00000392. The van der Waals surface area contributed by atoms with Gasteiger partial charge in [0.15, 0.2) is 5.96 Å². The summed E-state index contributed by atoms with van der Waals surface area (Å²) in [5, 5.41) is 3.48. The van der Waals surface area contributed by atoms with Crippen molar-refractivity contribution >= 4 is 29.9 Å². The molecule has 5 nitrogen and oxygen atoms in total. The third-order valence-corrected chi connectivity index (χ3v) is 5.18. The molecule has 6 heteroatoms. The topological polar surface area (TPSA) is 46.1 Å². The van der Waals surface area contributed by atoms with Gasteiger partial charge in [0.1, 0.15) is 0 Å². The minimum Gasteiger partial charge on any atom is -0.382 e. The molecule has 28 heavy (non-hydrogen) atoms. The molecule has 0 aromatic heterocycles. The van der Waals surface area contributed by atoms with Gasteiger partial charge in [0, 0.05) is 45.1 Å². The number of methoxy groups -OCH3 is 1. The maximum absolute atomic E-state index is 5.72. The van der Waals surface area contributed by atoms with E-state index in [0.717, 1.165) is 45.2 Å². The van der Waals surface area contributed by atoms with Gasteiger partial charge >= 0.3 is 0 Å². The van der Waals surface area contributed by atoms with Gasteiger partial charge in [-0.25, -0.2) is 0 Å². The first kappa shape index (κ1) is 25.2. The predicted octanol–water partition coefficient (Wildman–Crippen LogP) is 3.99. The molecule has 0 radical (unpaired) electrons. The van der Waals surface area contributed by atoms with Gasteiger partial charge in [-0.05, 0) is 24.8 Å². The Bertz CT molecular complexity index is 554. The van der Waals surface area contributed by atoms with E-state index in [1.54, 1.807) is 7.11 Å². The SMILES string of the molecule is CCNC(=NCC(c1ccccc1)C(C)C)N1CCC(COCCOC)C1.I. The Hall–Kier alpha value is -0.860. The molecule has 0 saturated carbocycles. The van der Waals surface area contributed by atoms with E-state index in [1.807, 2.05) is 0 Å². The zero-order valence-electron chi connectivity index (χ0n) is 17.9. The van der Waals surface area contributed by atoms with Crippen molar-refractivity contribution in [1.82, 2.24) is 10.2 Å². The largest absolute Gasteiger partial charge is 0.382 e. The van der Waals surface area contributed by atoms with Crippen molar-refractivity contribution in [2.75, 3.05) is 53.1 Å². The molecule has 1 aliphatic rings. The highest BCUT2D eigenvalue weighted by Gasteiger charge is 2.25. The fourth-order valence-corrected chi connectivity index (χ4v) is 3.57. The van der Waals surface area contributed by atoms with Crippen molar-refractivity contribution in [3.63, 3.8) is 0 Å². The van der Waals surface area contributed by atoms with Crippen molar-refractivity contribution in [3.05, 3.63) is 35.9 Å². The van der Waals surface area contributed by atoms with Crippen LogP contribution >= 0.6 is 24.0 Å². The van der Waals surface area contributed by atoms with Crippen LogP contribution in [0.1, 0.15) is 38.7 Å². The number of nitrogens with zero attached hydrogens (tertiary/aromatic N) is 2. The van der Waals surface area contributed by atoms with E-state index in [0.29, 0.717) is 31.0 Å². The molecule has 1 heterocycles. The van der Waals surface area contributed by atoms with Gasteiger partial charge in [0.05, 0.1) is 19.8 Å². The second kappa shape index (κ2) is 14.2. The Morgan fingerprint density at radius 2 is 2.00 bits per heavy atom. The van der Waals surface area contributed by atoms with E-state index in [-0.39, 0.29) is 24.0 Å². The van der Waals surface area contributed by atoms with Crippen LogP contribution in [0.2, 0.25) is 0 Å². The molecule has 2 atom stereocenters. The molecule has 2 rings (SSSR count). The molecule has 0 bridgehead atoms. The maximum atomic E-state index is 5.72. The third kappa shape index (κ3) is 8.25. The molecule has 1 aromatic rings. The number of halogens is 1. The maximum Gasteiger partial charge on any atom is 0.193 e. The van der Waals surface area contributed by atoms with E-state index < -0.39 is 0 Å². The first-order chi connectivity index (χ1) is 13.2. The van der Waals surface area contributed by atoms with Gasteiger partial charge in [-0.15, -0.1) is 24.0 Å². The summed E-state index contributed by atoms with van der Waals surface area (Å²) in [5.74, 6) is 2.61. The number of guanidine groups is 1. The number of likely N-dealkylation sites (tertiary alicyclic amines) is 1. The number of hydrogen-bond donors (Lipinski definition) is 1. The smallest absolute Gasteiger partial charge is 0.193 e. The van der Waals surface area contributed by atoms with Crippen LogP contribution in [0, 0.1) is 11.8 Å². The molecule has 1 aliphatic heterocycles. The van der Waals surface area contributed by atoms with Crippen LogP contribution in [-0.4, -0.2) is 64.0 Å². The summed E-state index contributed by atoms with van der Waals surface area (Å²) >= 11 is 0. The fourth-order valence-electron chi connectivity index (χ4n) is 3.57. The molecule has 0 spiro atoms. The summed E-state index contributed by atoms with van der Waals surface area (Å²) < 4.78 is 10.8. The van der Waals surface area contributed by atoms with Gasteiger partial charge in [-0.3, -0.25) is 4.99 Å². The van der Waals surface area contributed by atoms with Crippen LogP contribution in [0.15, 0.2) is 35.3 Å². The zero-order valence-corrected chi connectivity index (χ0v) is 20.2. The van der Waals surface area contributed by atoms with E-state index in [1.165, 1.54) is 5.56 Å². The van der Waals surface area contributed by atoms with E-state index >= 15 is 0 Å². The van der Waals surface area contributed by atoms with Gasteiger partial charge in [0.25, 0.3) is 0 Å². The van der Waals surface area contributed by atoms with Crippen LogP contribution in [-0.2, 0) is 9.47 Å². The summed E-state index contributed by atoms with van der Waals surface area (Å²) in [5.41, 5.74) is 1.37. The van der Waals surface area contributed by atoms with Crippen molar-refractivity contribution in [3.8, 4) is 0 Å². The molecular formula is C22H38IN3O2. The second-order valence-electron chi connectivity index (χ2n) is 7.62. The van der Waals surface area contributed by atoms with Gasteiger partial charge in [0.2, 0.25) is 0 Å². The van der Waals surface area contributed by atoms with Gasteiger partial charge in [-0.1, -0.05) is 44.2 Å². The van der Waals surface area contributed by atoms with E-state index in [9.17, 15) is 0 Å². The van der Waals surface area contributed by atoms with Gasteiger partial charge in [-0.2, -0.15) is 0 Å². The number of hydrogen-bond acceptors (Lipinski definition) is 3. The first-order valence-corrected chi connectivity index (χ1v) is 10.3. The number of nitrogens with one attached hydrogen (secondary N) is 1. The summed E-state index contributed by atoms with van der Waals surface area (Å²) in [6.45, 7) is 12.6. The molecule has 2 unspecified atom stereocenters. The fraction of sp³-hybridized carbons (Fsp3) is 0.682. The third-order valence-electron chi connectivity index (χ3n) is 5.18. The van der Waals surface area contributed by atoms with Gasteiger partial charge < -0.3 is 19.7 Å². The summed E-state index contributed by atoms with van der Waals surface area (Å²) in [6.07, 6.45) is 1.16. The monoisotopic (exact) mass is 503 g/mol. The van der Waals surface area contributed by atoms with Crippen molar-refractivity contribution in [2.45, 2.75) is 33.1 Å². The van der Waals surface area contributed by atoms with Crippen LogP contribution < -0.4 is 5.32 Å². The number of aliphatic imine (C=N–C) groups is 1. The van der Waals surface area contributed by atoms with Crippen molar-refractivity contribution in [1.29, 1.82) is 0 Å². The summed E-state index contributed by atoms with van der Waals surface area (Å²) in [4.78, 5) is 7.39. The number of benzene rings is 1. The normalized spacial score (nSPS) is 18.2. The summed E-state index contributed by atoms with van der Waals surface area (Å²) in [6, 6.07) is 10.8. The molecule has 160 valence electrons. The molecule has 1 aromatic carbocycles. The predicted molar refractivity (Wildman–Crippen MR) is 128 cm³/mol. The molecule has 0 amide bonds. The molecule has 1 fully saturated rings. The summed E-state index contributed by atoms with van der Waals surface area (Å²) in [7, 11) is 1.71. The highest BCUT2D eigenvalue weighted by molar-refractivity contribution is 14.0. The zero-order chi connectivity index (χ0) is 19.5. The molecule has 1 saturated heterocycles. The van der Waals surface area contributed by atoms with Crippen molar-refractivity contribution < 1.29 is 9.47 Å². The van der Waals surface area contributed by atoms with E-state index in [2.05, 4.69) is 61.3 Å². The quantitative estimate of drug-likeness (QED) is 0.227. The average molecular weight is 503 g/mol. The lowest BCUT2D eigenvalue weighted by Gasteiger charge is -2.24. The minimum atomic E-state index is 0. The minimum absolute atomic E-state index is 0. The molecule has 1 N–H and O–H groups in total. The molecule has 0 aliphatic carbocycles. The second-order valence-corrected chi connectivity index (χ2v) is 7.62. The highest BCUT2D eigenvalue weighted by Crippen LogP contribution is 2.25. The van der Waals surface area contributed by atoms with Crippen LogP contribution in [0.4, 0.5) is 0 Å². The lowest BCUT2D eigenvalue weighted by molar-refractivity contribution is 0.0536. The Morgan fingerprint density at radius 3 is 2.64 bits per heavy atom. The Labute approximate surface area is 188 Å². The number of ether oxygens (including phenoxy) is 2. The van der Waals surface area contributed by atoms with Crippen LogP contribution in [0.3, 0.4) is 0 Å². The average Bonchev–Trinajstić information content (AvgIpc) is 3.14. The Morgan fingerprint density at radius 1 is 1.25 bits per heavy atom. The van der Waals surface area contributed by atoms with Crippen molar-refractivity contribution in [2.24, 2.45) is 16.8 Å². The van der Waals surface area contributed by atoms with Crippen LogP contribution in [0.5, 0.6) is 0 Å². The van der Waals surface area contributed by atoms with E-state index in [4.69, 9.17) is 14.5 Å². The highest BCUT2D eigenvalue weighted by atomic mass is 127. The number of rotatable bonds is 10. The lowest BCUT2D eigenvalue weighted by Crippen LogP contribution is -2.40. The standard InChI is InChI=1S/C22H37N3O2.HI/c1-5-23-22(25-12-11-19(16-25)17-27-14-13-26-4)24-15-21(18(2)3)20-9-7-6-8-10-20;/h6-10,18-19,21H,5,11-17H2,1-4H3,(H,23,24);1H. The lowest BCUT2D eigenvalue weighted by atomic mass is 9.88. The van der Waals surface area contributed by atoms with Crippen LogP contribution in [0.25, 0.3) is 0 Å². The molecular weight excluding hydrogens is 465 g/mol. The first-order valence-electron chi connectivity index (χ1n) is 10.3. The Kier molecular flexibility index (Phi) is 12.7.